The van der Waals surface area contributed by atoms with Gasteiger partial charge >= 0.3 is 0 Å². The van der Waals surface area contributed by atoms with Crippen LogP contribution < -0.4 is 15.4 Å². The van der Waals surface area contributed by atoms with Crippen LogP contribution in [0.25, 0.3) is 0 Å². The van der Waals surface area contributed by atoms with Crippen LogP contribution >= 0.6 is 35.3 Å². The lowest BCUT2D eigenvalue weighted by atomic mass is 10.4. The molecular weight excluding hydrogens is 437 g/mol. The fourth-order valence-corrected chi connectivity index (χ4v) is 2.84. The quantitative estimate of drug-likeness (QED) is 0.232. The highest BCUT2D eigenvalue weighted by atomic mass is 127. The third-order valence-corrected chi connectivity index (χ3v) is 4.46. The second kappa shape index (κ2) is 11.1. The summed E-state index contributed by atoms with van der Waals surface area (Å²) in [4.78, 5) is 9.70. The summed E-state index contributed by atoms with van der Waals surface area (Å²) in [6.07, 6.45) is 4.73. The number of rotatable bonds is 8. The van der Waals surface area contributed by atoms with Crippen molar-refractivity contribution in [1.82, 2.24) is 20.3 Å². The zero-order valence-electron chi connectivity index (χ0n) is 13.0. The summed E-state index contributed by atoms with van der Waals surface area (Å²) in [6, 6.07) is 0. The largest absolute Gasteiger partial charge is 0.356 e. The number of hydrogen-bond acceptors (Lipinski definition) is 5. The molecule has 10 heteroatoms. The Hall–Kier alpha value is -0.460. The topological polar surface area (TPSA) is 95.5 Å². The first-order valence-electron chi connectivity index (χ1n) is 6.77. The summed E-state index contributed by atoms with van der Waals surface area (Å²) in [5.41, 5.74) is 0. The average Bonchev–Trinajstić information content (AvgIpc) is 2.88. The van der Waals surface area contributed by atoms with Crippen molar-refractivity contribution in [3.8, 4) is 0 Å². The smallest absolute Gasteiger partial charge is 0.208 e. The normalized spacial score (nSPS) is 11.9. The predicted octanol–water partition coefficient (Wildman–Crippen LogP) is 0.928. The van der Waals surface area contributed by atoms with Gasteiger partial charge in [-0.2, -0.15) is 0 Å². The van der Waals surface area contributed by atoms with Crippen LogP contribution in [0.15, 0.2) is 11.2 Å². The number of sulfonamides is 1. The highest BCUT2D eigenvalue weighted by molar-refractivity contribution is 14.0. The number of nitrogens with zero attached hydrogens (tertiary/aromatic N) is 2. The van der Waals surface area contributed by atoms with Gasteiger partial charge in [-0.15, -0.1) is 35.3 Å². The van der Waals surface area contributed by atoms with Gasteiger partial charge in [-0.3, -0.25) is 4.99 Å². The molecule has 22 heavy (non-hydrogen) atoms. The molecule has 0 unspecified atom stereocenters. The van der Waals surface area contributed by atoms with Gasteiger partial charge in [0.1, 0.15) is 5.01 Å². The minimum absolute atomic E-state index is 0. The molecule has 0 aromatic carbocycles. The van der Waals surface area contributed by atoms with Crippen LogP contribution in [0.3, 0.4) is 0 Å². The molecule has 0 aliphatic rings. The fraction of sp³-hybridized carbons (Fsp3) is 0.667. The molecule has 7 nitrogen and oxygen atoms in total. The van der Waals surface area contributed by atoms with Crippen molar-refractivity contribution in [1.29, 1.82) is 0 Å². The van der Waals surface area contributed by atoms with E-state index in [4.69, 9.17) is 0 Å². The summed E-state index contributed by atoms with van der Waals surface area (Å²) in [5, 5.41) is 7.33. The van der Waals surface area contributed by atoms with Crippen molar-refractivity contribution >= 4 is 51.3 Å². The predicted molar refractivity (Wildman–Crippen MR) is 103 cm³/mol. The molecule has 1 rings (SSSR count). The van der Waals surface area contributed by atoms with Crippen LogP contribution in [-0.4, -0.2) is 45.8 Å². The number of aromatic nitrogens is 1. The molecule has 1 aromatic heterocycles. The van der Waals surface area contributed by atoms with Gasteiger partial charge in [0, 0.05) is 31.2 Å². The van der Waals surface area contributed by atoms with E-state index in [1.165, 1.54) is 4.88 Å². The Balaban J connectivity index is 0.00000441. The summed E-state index contributed by atoms with van der Waals surface area (Å²) < 4.78 is 24.2. The number of thiazole rings is 1. The van der Waals surface area contributed by atoms with Crippen molar-refractivity contribution < 1.29 is 8.42 Å². The molecular formula is C12H24IN5O2S2. The highest BCUT2D eigenvalue weighted by Crippen LogP contribution is 2.12. The number of aryl methyl sites for hydroxylation is 1. The zero-order valence-corrected chi connectivity index (χ0v) is 17.0. The van der Waals surface area contributed by atoms with Crippen LogP contribution in [0.4, 0.5) is 0 Å². The first kappa shape index (κ1) is 21.5. The summed E-state index contributed by atoms with van der Waals surface area (Å²) in [7, 11) is -1.41. The van der Waals surface area contributed by atoms with Gasteiger partial charge in [-0.25, -0.2) is 18.1 Å². The number of guanidine groups is 1. The molecule has 0 bridgehead atoms. The minimum Gasteiger partial charge on any atom is -0.356 e. The molecule has 0 aliphatic heterocycles. The van der Waals surface area contributed by atoms with E-state index in [0.717, 1.165) is 17.7 Å². The summed E-state index contributed by atoms with van der Waals surface area (Å²) in [5.74, 6) is 0.683. The van der Waals surface area contributed by atoms with Crippen molar-refractivity contribution in [3.63, 3.8) is 0 Å². The zero-order chi connectivity index (χ0) is 15.7. The fourth-order valence-electron chi connectivity index (χ4n) is 1.53. The molecule has 1 aromatic rings. The van der Waals surface area contributed by atoms with Gasteiger partial charge in [-0.1, -0.05) is 6.92 Å². The Kier molecular flexibility index (Phi) is 10.9. The van der Waals surface area contributed by atoms with Gasteiger partial charge in [0.2, 0.25) is 10.0 Å². The van der Waals surface area contributed by atoms with E-state index < -0.39 is 10.0 Å². The van der Waals surface area contributed by atoms with Crippen LogP contribution in [-0.2, 0) is 23.0 Å². The molecule has 0 saturated carbocycles. The lowest BCUT2D eigenvalue weighted by Crippen LogP contribution is -2.38. The molecule has 0 radical (unpaired) electrons. The maximum absolute atomic E-state index is 10.9. The van der Waals surface area contributed by atoms with Gasteiger partial charge in [0.25, 0.3) is 0 Å². The van der Waals surface area contributed by atoms with Crippen LogP contribution in [0, 0.1) is 0 Å². The summed E-state index contributed by atoms with van der Waals surface area (Å²) in [6.45, 7) is 3.79. The monoisotopic (exact) mass is 461 g/mol. The molecule has 0 spiro atoms. The minimum atomic E-state index is -3.11. The molecule has 0 fully saturated rings. The number of halogens is 1. The van der Waals surface area contributed by atoms with Crippen LogP contribution in [0.1, 0.15) is 23.2 Å². The van der Waals surface area contributed by atoms with Crippen LogP contribution in [0.5, 0.6) is 0 Å². The molecule has 3 N–H and O–H groups in total. The third kappa shape index (κ3) is 9.54. The van der Waals surface area contributed by atoms with E-state index in [0.29, 0.717) is 32.0 Å². The molecule has 0 atom stereocenters. The number of aliphatic imine (C=N–C) groups is 1. The van der Waals surface area contributed by atoms with E-state index in [1.807, 2.05) is 6.20 Å². The molecule has 0 aliphatic carbocycles. The maximum Gasteiger partial charge on any atom is 0.208 e. The van der Waals surface area contributed by atoms with Crippen molar-refractivity contribution in [2.24, 2.45) is 4.99 Å². The second-order valence-electron chi connectivity index (χ2n) is 4.45. The summed E-state index contributed by atoms with van der Waals surface area (Å²) >= 11 is 1.69. The third-order valence-electron chi connectivity index (χ3n) is 2.59. The van der Waals surface area contributed by atoms with Crippen molar-refractivity contribution in [2.75, 3.05) is 26.4 Å². The molecule has 128 valence electrons. The molecule has 0 saturated heterocycles. The van der Waals surface area contributed by atoms with E-state index in [2.05, 4.69) is 32.3 Å². The first-order valence-corrected chi connectivity index (χ1v) is 9.48. The van der Waals surface area contributed by atoms with Gasteiger partial charge < -0.3 is 10.6 Å². The van der Waals surface area contributed by atoms with E-state index in [1.54, 1.807) is 18.4 Å². The van der Waals surface area contributed by atoms with E-state index >= 15 is 0 Å². The SMILES string of the molecule is CCc1cnc(CNC(=NC)NCCCNS(C)(=O)=O)s1.I. The lowest BCUT2D eigenvalue weighted by molar-refractivity contribution is 0.584. The highest BCUT2D eigenvalue weighted by Gasteiger charge is 2.03. The lowest BCUT2D eigenvalue weighted by Gasteiger charge is -2.10. The Morgan fingerprint density at radius 3 is 2.64 bits per heavy atom. The van der Waals surface area contributed by atoms with Crippen LogP contribution in [0.2, 0.25) is 0 Å². The number of nitrogens with one attached hydrogen (secondary N) is 3. The standard InChI is InChI=1S/C12H23N5O2S2.HI/c1-4-10-8-15-11(20-10)9-16-12(13-2)14-6-5-7-17-21(3,18)19;/h8,17H,4-7,9H2,1-3H3,(H2,13,14,16);1H. The molecule has 1 heterocycles. The van der Waals surface area contributed by atoms with Gasteiger partial charge in [0.15, 0.2) is 5.96 Å². The van der Waals surface area contributed by atoms with Crippen molar-refractivity contribution in [3.05, 3.63) is 16.1 Å². The second-order valence-corrected chi connectivity index (χ2v) is 7.48. The van der Waals surface area contributed by atoms with E-state index in [9.17, 15) is 8.42 Å². The Morgan fingerprint density at radius 2 is 2.09 bits per heavy atom. The van der Waals surface area contributed by atoms with Gasteiger partial charge in [-0.05, 0) is 12.8 Å². The Labute approximate surface area is 153 Å². The Morgan fingerprint density at radius 1 is 1.36 bits per heavy atom. The maximum atomic E-state index is 10.9. The van der Waals surface area contributed by atoms with Crippen molar-refractivity contribution in [2.45, 2.75) is 26.3 Å². The van der Waals surface area contributed by atoms with Gasteiger partial charge in [0.05, 0.1) is 12.8 Å². The Bertz CT molecular complexity index is 560. The number of hydrogen-bond donors (Lipinski definition) is 3. The molecule has 0 amide bonds. The average molecular weight is 461 g/mol. The first-order chi connectivity index (χ1) is 9.94. The van der Waals surface area contributed by atoms with E-state index in [-0.39, 0.29) is 24.0 Å².